The zero-order valence-corrected chi connectivity index (χ0v) is 30.9. The fourth-order valence-electron chi connectivity index (χ4n) is 8.26. The average Bonchev–Trinajstić information content (AvgIpc) is 3.63. The maximum absolute atomic E-state index is 5.28. The van der Waals surface area contributed by atoms with Crippen molar-refractivity contribution in [2.45, 2.75) is 0 Å². The molecule has 0 saturated carbocycles. The monoisotopic (exact) mass is 726 g/mol. The molecule has 11 aromatic rings. The largest absolute Gasteiger partial charge is 0.309 e. The van der Waals surface area contributed by atoms with Gasteiger partial charge in [-0.15, -0.1) is 0 Å². The van der Waals surface area contributed by atoms with Crippen LogP contribution in [0.2, 0.25) is 0 Å². The van der Waals surface area contributed by atoms with E-state index in [2.05, 4.69) is 199 Å². The van der Waals surface area contributed by atoms with Gasteiger partial charge in [0.1, 0.15) is 0 Å². The van der Waals surface area contributed by atoms with Crippen molar-refractivity contribution in [1.29, 1.82) is 0 Å². The third-order valence-electron chi connectivity index (χ3n) is 11.0. The second-order valence-corrected chi connectivity index (χ2v) is 14.4. The maximum Gasteiger partial charge on any atom is 0.160 e. The van der Waals surface area contributed by atoms with E-state index >= 15 is 0 Å². The number of nitrogens with zero attached hydrogens (tertiary/aromatic N) is 4. The molecule has 4 nitrogen and oxygen atoms in total. The smallest absolute Gasteiger partial charge is 0.160 e. The summed E-state index contributed by atoms with van der Waals surface area (Å²) in [5, 5.41) is 5.85. The van der Waals surface area contributed by atoms with Gasteiger partial charge in [0.15, 0.2) is 5.82 Å². The lowest BCUT2D eigenvalue weighted by Gasteiger charge is -2.14. The van der Waals surface area contributed by atoms with Gasteiger partial charge in [0, 0.05) is 44.1 Å². The standard InChI is InChI=1S/C53H34N4/c1-4-14-35(15-5-1)45-33-47(37-16-6-2-7-17-37)54-46-31-28-36-24-25-40(32-44(36)52(45)46)53-55-48(38-18-8-3-9-19-38)34-49(56-53)39-26-29-41(30-27-39)57-50-22-12-10-20-42(50)43-21-11-13-23-51(43)57/h1-34H. The number of rotatable bonds is 6. The molecule has 0 N–H and O–H groups in total. The molecule has 0 spiro atoms. The SMILES string of the molecule is c1ccc(-c2cc(-c3ccc(-n4c5ccccc5c5ccccc54)cc3)nc(-c3ccc4ccc5nc(-c6ccccc6)cc(-c6ccccc6)c5c4c3)n2)cc1. The van der Waals surface area contributed by atoms with E-state index in [9.17, 15) is 0 Å². The van der Waals surface area contributed by atoms with Gasteiger partial charge in [0.25, 0.3) is 0 Å². The van der Waals surface area contributed by atoms with Crippen LogP contribution in [0, 0.1) is 0 Å². The van der Waals surface area contributed by atoms with Crippen LogP contribution in [-0.2, 0) is 0 Å². The zero-order valence-electron chi connectivity index (χ0n) is 30.9. The zero-order chi connectivity index (χ0) is 37.7. The van der Waals surface area contributed by atoms with Gasteiger partial charge < -0.3 is 4.57 Å². The molecule has 57 heavy (non-hydrogen) atoms. The minimum atomic E-state index is 0.673. The maximum atomic E-state index is 5.28. The Labute approximate surface area is 330 Å². The van der Waals surface area contributed by atoms with Crippen molar-refractivity contribution in [3.05, 3.63) is 206 Å². The van der Waals surface area contributed by atoms with Crippen LogP contribution >= 0.6 is 0 Å². The van der Waals surface area contributed by atoms with Crippen LogP contribution < -0.4 is 0 Å². The van der Waals surface area contributed by atoms with E-state index in [1.165, 1.54) is 21.8 Å². The van der Waals surface area contributed by atoms with Gasteiger partial charge in [-0.1, -0.05) is 158 Å². The number of hydrogen-bond donors (Lipinski definition) is 0. The summed E-state index contributed by atoms with van der Waals surface area (Å²) < 4.78 is 2.34. The third-order valence-corrected chi connectivity index (χ3v) is 11.0. The fraction of sp³-hybridized carbons (Fsp3) is 0. The first-order valence-corrected chi connectivity index (χ1v) is 19.3. The Morgan fingerprint density at radius 1 is 0.333 bits per heavy atom. The third kappa shape index (κ3) is 5.74. The molecule has 0 unspecified atom stereocenters. The molecule has 0 bridgehead atoms. The molecule has 4 heteroatoms. The highest BCUT2D eigenvalue weighted by Gasteiger charge is 2.17. The van der Waals surface area contributed by atoms with Crippen LogP contribution in [0.25, 0.3) is 105 Å². The van der Waals surface area contributed by atoms with Crippen molar-refractivity contribution in [2.24, 2.45) is 0 Å². The number of benzene rings is 8. The van der Waals surface area contributed by atoms with Gasteiger partial charge in [0.05, 0.1) is 33.6 Å². The summed E-state index contributed by atoms with van der Waals surface area (Å²) in [4.78, 5) is 15.7. The number of para-hydroxylation sites is 2. The molecular weight excluding hydrogens is 693 g/mol. The van der Waals surface area contributed by atoms with Crippen molar-refractivity contribution in [1.82, 2.24) is 19.5 Å². The lowest BCUT2D eigenvalue weighted by Crippen LogP contribution is -1.97. The highest BCUT2D eigenvalue weighted by atomic mass is 15.0. The van der Waals surface area contributed by atoms with Gasteiger partial charge in [-0.3, -0.25) is 0 Å². The highest BCUT2D eigenvalue weighted by molar-refractivity contribution is 6.14. The predicted molar refractivity (Wildman–Crippen MR) is 236 cm³/mol. The highest BCUT2D eigenvalue weighted by Crippen LogP contribution is 2.39. The summed E-state index contributed by atoms with van der Waals surface area (Å²) in [6.07, 6.45) is 0. The van der Waals surface area contributed by atoms with E-state index in [-0.39, 0.29) is 0 Å². The first-order valence-electron chi connectivity index (χ1n) is 19.3. The molecule has 3 aromatic heterocycles. The minimum absolute atomic E-state index is 0.673. The van der Waals surface area contributed by atoms with Gasteiger partial charge in [-0.25, -0.2) is 15.0 Å². The number of hydrogen-bond acceptors (Lipinski definition) is 3. The van der Waals surface area contributed by atoms with E-state index in [4.69, 9.17) is 15.0 Å². The molecule has 0 aliphatic rings. The molecule has 0 saturated heterocycles. The summed E-state index contributed by atoms with van der Waals surface area (Å²) in [6.45, 7) is 0. The molecule has 0 aliphatic carbocycles. The van der Waals surface area contributed by atoms with E-state index in [0.717, 1.165) is 77.8 Å². The first kappa shape index (κ1) is 32.7. The van der Waals surface area contributed by atoms with Crippen molar-refractivity contribution in [2.75, 3.05) is 0 Å². The van der Waals surface area contributed by atoms with Gasteiger partial charge in [-0.2, -0.15) is 0 Å². The van der Waals surface area contributed by atoms with Crippen molar-refractivity contribution < 1.29 is 0 Å². The van der Waals surface area contributed by atoms with Gasteiger partial charge in [0.2, 0.25) is 0 Å². The van der Waals surface area contributed by atoms with Crippen LogP contribution in [0.15, 0.2) is 206 Å². The Morgan fingerprint density at radius 3 is 1.44 bits per heavy atom. The summed E-state index contributed by atoms with van der Waals surface area (Å²) in [7, 11) is 0. The van der Waals surface area contributed by atoms with Crippen LogP contribution in [0.4, 0.5) is 0 Å². The second kappa shape index (κ2) is 13.6. The van der Waals surface area contributed by atoms with Crippen LogP contribution in [0.5, 0.6) is 0 Å². The lowest BCUT2D eigenvalue weighted by molar-refractivity contribution is 1.17. The van der Waals surface area contributed by atoms with Crippen molar-refractivity contribution in [3.63, 3.8) is 0 Å². The molecule has 8 aromatic carbocycles. The fourth-order valence-corrected chi connectivity index (χ4v) is 8.26. The molecule has 0 radical (unpaired) electrons. The molecule has 0 fully saturated rings. The average molecular weight is 727 g/mol. The predicted octanol–water partition coefficient (Wildman–Crippen LogP) is 13.6. The number of fused-ring (bicyclic) bond motifs is 6. The van der Waals surface area contributed by atoms with E-state index in [1.807, 2.05) is 12.1 Å². The Bertz CT molecular complexity index is 3210. The molecule has 0 atom stereocenters. The summed E-state index contributed by atoms with van der Waals surface area (Å²) >= 11 is 0. The topological polar surface area (TPSA) is 43.6 Å². The van der Waals surface area contributed by atoms with Crippen LogP contribution in [0.1, 0.15) is 0 Å². The molecule has 0 aliphatic heterocycles. The normalized spacial score (nSPS) is 11.5. The summed E-state index contributed by atoms with van der Waals surface area (Å²) in [5.41, 5.74) is 13.5. The first-order chi connectivity index (χ1) is 28.2. The number of aromatic nitrogens is 4. The summed E-state index contributed by atoms with van der Waals surface area (Å²) in [5.74, 6) is 0.673. The van der Waals surface area contributed by atoms with E-state index < -0.39 is 0 Å². The lowest BCUT2D eigenvalue weighted by atomic mass is 9.93. The summed E-state index contributed by atoms with van der Waals surface area (Å²) in [6, 6.07) is 72.6. The van der Waals surface area contributed by atoms with Crippen molar-refractivity contribution in [3.8, 4) is 62.0 Å². The van der Waals surface area contributed by atoms with E-state index in [0.29, 0.717) is 5.82 Å². The minimum Gasteiger partial charge on any atom is -0.309 e. The molecular formula is C53H34N4. The van der Waals surface area contributed by atoms with Gasteiger partial charge >= 0.3 is 0 Å². The Kier molecular flexibility index (Phi) is 7.78. The number of pyridine rings is 1. The Hall–Kier alpha value is -7.69. The quantitative estimate of drug-likeness (QED) is 0.160. The molecule has 266 valence electrons. The van der Waals surface area contributed by atoms with Crippen molar-refractivity contribution >= 4 is 43.5 Å². The molecule has 11 rings (SSSR count). The van der Waals surface area contributed by atoms with Gasteiger partial charge in [-0.05, 0) is 70.4 Å². The Balaban J connectivity index is 1.08. The van der Waals surface area contributed by atoms with E-state index in [1.54, 1.807) is 0 Å². The molecule has 0 amide bonds. The molecule has 3 heterocycles. The van der Waals surface area contributed by atoms with Crippen LogP contribution in [0.3, 0.4) is 0 Å². The van der Waals surface area contributed by atoms with Crippen LogP contribution in [-0.4, -0.2) is 19.5 Å². The Morgan fingerprint density at radius 2 is 0.825 bits per heavy atom. The second-order valence-electron chi connectivity index (χ2n) is 14.4.